The van der Waals surface area contributed by atoms with Gasteiger partial charge in [0.25, 0.3) is 0 Å². The number of rotatable bonds is 2. The molecule has 98 valence electrons. The van der Waals surface area contributed by atoms with Crippen molar-refractivity contribution in [3.63, 3.8) is 0 Å². The Morgan fingerprint density at radius 1 is 0.550 bits per heavy atom. The summed E-state index contributed by atoms with van der Waals surface area (Å²) in [7, 11) is -5.82. The zero-order chi connectivity index (χ0) is 14.3. The van der Waals surface area contributed by atoms with Gasteiger partial charge < -0.3 is 0 Å². The summed E-state index contributed by atoms with van der Waals surface area (Å²) in [6.45, 7) is 0. The van der Waals surface area contributed by atoms with E-state index in [4.69, 9.17) is 0 Å². The molecule has 0 aliphatic rings. The second-order valence-electron chi connectivity index (χ2n) is 4.63. The van der Waals surface area contributed by atoms with Gasteiger partial charge in [-0.05, 0) is 44.6 Å². The van der Waals surface area contributed by atoms with Gasteiger partial charge in [0.05, 0.1) is 0 Å². The van der Waals surface area contributed by atoms with Gasteiger partial charge in [-0.15, -0.1) is 0 Å². The van der Waals surface area contributed by atoms with Crippen molar-refractivity contribution in [2.24, 2.45) is 0 Å². The summed E-state index contributed by atoms with van der Waals surface area (Å²) in [5.74, 6) is 0. The zero-order valence-corrected chi connectivity index (χ0v) is 10.3. The van der Waals surface area contributed by atoms with E-state index < -0.39 is 25.5 Å². The highest BCUT2D eigenvalue weighted by Crippen LogP contribution is 2.22. The summed E-state index contributed by atoms with van der Waals surface area (Å²) in [6.07, 6.45) is 0. The molecule has 0 spiro atoms. The predicted molar refractivity (Wildman–Crippen MR) is 76.7 cm³/mol. The molecule has 0 aromatic heterocycles. The van der Waals surface area contributed by atoms with Gasteiger partial charge in [-0.25, -0.2) is 0 Å². The van der Waals surface area contributed by atoms with E-state index in [0.29, 0.717) is 10.8 Å². The van der Waals surface area contributed by atoms with E-state index >= 15 is 0 Å². The Morgan fingerprint density at radius 2 is 0.950 bits per heavy atom. The van der Waals surface area contributed by atoms with Crippen LogP contribution < -0.4 is 10.9 Å². The van der Waals surface area contributed by atoms with Crippen LogP contribution in [0.25, 0.3) is 21.5 Å². The molecule has 0 radical (unpaired) electrons. The van der Waals surface area contributed by atoms with Gasteiger partial charge in [0, 0.05) is 0 Å². The van der Waals surface area contributed by atoms with Gasteiger partial charge in [-0.2, -0.15) is 0 Å². The van der Waals surface area contributed by atoms with Crippen molar-refractivity contribution < 1.29 is 17.3 Å². The number of fused-ring (bicyclic) bond motifs is 2. The largest absolute Gasteiger partial charge is 0.571 e. The highest BCUT2D eigenvalue weighted by molar-refractivity contribution is 6.73. The average Bonchev–Trinajstić information content (AvgIpc) is 2.43. The third kappa shape index (κ3) is 2.15. The molecule has 0 saturated heterocycles. The molecule has 0 aliphatic heterocycles. The number of halogens is 4. The molecule has 0 nitrogen and oxygen atoms in total. The van der Waals surface area contributed by atoms with Crippen molar-refractivity contribution in [2.75, 3.05) is 0 Å². The van der Waals surface area contributed by atoms with E-state index in [-0.39, 0.29) is 0 Å². The van der Waals surface area contributed by atoms with Gasteiger partial charge in [0.15, 0.2) is 0 Å². The lowest BCUT2D eigenvalue weighted by atomic mass is 9.70. The second kappa shape index (κ2) is 4.85. The van der Waals surface area contributed by atoms with Crippen LogP contribution in [0.5, 0.6) is 0 Å². The van der Waals surface area contributed by atoms with Crippen LogP contribution in [-0.4, -0.2) is 14.5 Å². The SMILES string of the molecule is FB(F)c1cc2cc3ccccc3cc2cc1B(F)F. The molecule has 0 heterocycles. The van der Waals surface area contributed by atoms with Crippen molar-refractivity contribution in [2.45, 2.75) is 0 Å². The van der Waals surface area contributed by atoms with Gasteiger partial charge in [-0.1, -0.05) is 36.4 Å². The fraction of sp³-hybridized carbons (Fsp3) is 0. The molecule has 3 rings (SSSR count). The topological polar surface area (TPSA) is 0 Å². The smallest absolute Gasteiger partial charge is 0.281 e. The standard InChI is InChI=1S/C14H8B2F4/c17-15(18)13-7-11-5-9-3-1-2-4-10(9)6-12(11)8-14(13)16(19)20/h1-8H. The van der Waals surface area contributed by atoms with Gasteiger partial charge in [-0.3, -0.25) is 17.3 Å². The van der Waals surface area contributed by atoms with E-state index in [1.165, 1.54) is 0 Å². The van der Waals surface area contributed by atoms with E-state index in [1.807, 2.05) is 24.3 Å². The maximum absolute atomic E-state index is 12.9. The van der Waals surface area contributed by atoms with Crippen LogP contribution in [0, 0.1) is 0 Å². The van der Waals surface area contributed by atoms with Crippen LogP contribution in [0.4, 0.5) is 17.3 Å². The normalized spacial score (nSPS) is 11.0. The molecule has 0 fully saturated rings. The lowest BCUT2D eigenvalue weighted by Gasteiger charge is -2.09. The summed E-state index contributed by atoms with van der Waals surface area (Å²) < 4.78 is 51.6. The number of hydrogen-bond donors (Lipinski definition) is 0. The van der Waals surface area contributed by atoms with Crippen LogP contribution in [0.15, 0.2) is 48.5 Å². The summed E-state index contributed by atoms with van der Waals surface area (Å²) in [6, 6.07) is 13.2. The maximum atomic E-state index is 12.9. The lowest BCUT2D eigenvalue weighted by molar-refractivity contribution is 0.677. The fourth-order valence-corrected chi connectivity index (χ4v) is 2.41. The molecular formula is C14H8B2F4. The first-order valence-electron chi connectivity index (χ1n) is 6.09. The molecule has 0 atom stereocenters. The van der Waals surface area contributed by atoms with Crippen LogP contribution >= 0.6 is 0 Å². The first-order valence-corrected chi connectivity index (χ1v) is 6.09. The van der Waals surface area contributed by atoms with Crippen LogP contribution in [0.2, 0.25) is 0 Å². The van der Waals surface area contributed by atoms with Gasteiger partial charge in [0.1, 0.15) is 0 Å². The molecule has 0 aliphatic carbocycles. The minimum absolute atomic E-state index is 0.545. The molecule has 0 N–H and O–H groups in total. The highest BCUT2D eigenvalue weighted by Gasteiger charge is 2.29. The first-order chi connectivity index (χ1) is 9.56. The molecule has 0 saturated carbocycles. The monoisotopic (exact) mass is 274 g/mol. The molecule has 0 unspecified atom stereocenters. The van der Waals surface area contributed by atoms with E-state index in [9.17, 15) is 17.3 Å². The Kier molecular flexibility index (Phi) is 3.16. The molecule has 20 heavy (non-hydrogen) atoms. The van der Waals surface area contributed by atoms with Crippen LogP contribution in [-0.2, 0) is 0 Å². The third-order valence-corrected chi connectivity index (χ3v) is 3.38. The van der Waals surface area contributed by atoms with Crippen molar-refractivity contribution in [3.8, 4) is 0 Å². The Hall–Kier alpha value is -1.97. The Balaban J connectivity index is 2.35. The van der Waals surface area contributed by atoms with Crippen molar-refractivity contribution in [1.82, 2.24) is 0 Å². The fourth-order valence-electron chi connectivity index (χ4n) is 2.41. The molecular weight excluding hydrogens is 266 g/mol. The first kappa shape index (κ1) is 13.0. The highest BCUT2D eigenvalue weighted by atomic mass is 19.2. The molecule has 3 aromatic rings. The minimum Gasteiger partial charge on any atom is -0.281 e. The minimum atomic E-state index is -2.91. The second-order valence-corrected chi connectivity index (χ2v) is 4.63. The average molecular weight is 274 g/mol. The molecule has 3 aromatic carbocycles. The lowest BCUT2D eigenvalue weighted by Crippen LogP contribution is -2.42. The van der Waals surface area contributed by atoms with Gasteiger partial charge in [0.2, 0.25) is 0 Å². The molecule has 0 bridgehead atoms. The van der Waals surface area contributed by atoms with E-state index in [1.54, 1.807) is 12.1 Å². The third-order valence-electron chi connectivity index (χ3n) is 3.38. The van der Waals surface area contributed by atoms with Crippen LogP contribution in [0.3, 0.4) is 0 Å². The quantitative estimate of drug-likeness (QED) is 0.382. The Morgan fingerprint density at radius 3 is 1.30 bits per heavy atom. The van der Waals surface area contributed by atoms with E-state index in [2.05, 4.69) is 0 Å². The Labute approximate surface area is 113 Å². The Bertz CT molecular complexity index is 721. The van der Waals surface area contributed by atoms with Crippen LogP contribution in [0.1, 0.15) is 0 Å². The maximum Gasteiger partial charge on any atom is 0.571 e. The summed E-state index contributed by atoms with van der Waals surface area (Å²) in [5, 5.41) is 2.88. The summed E-state index contributed by atoms with van der Waals surface area (Å²) in [4.78, 5) is 0. The number of benzene rings is 3. The zero-order valence-electron chi connectivity index (χ0n) is 10.3. The summed E-state index contributed by atoms with van der Waals surface area (Å²) >= 11 is 0. The summed E-state index contributed by atoms with van der Waals surface area (Å²) in [5.41, 5.74) is -1.19. The van der Waals surface area contributed by atoms with Crippen molar-refractivity contribution in [1.29, 1.82) is 0 Å². The molecule has 0 amide bonds. The van der Waals surface area contributed by atoms with Crippen molar-refractivity contribution >= 4 is 47.0 Å². The van der Waals surface area contributed by atoms with Crippen molar-refractivity contribution in [3.05, 3.63) is 48.5 Å². The van der Waals surface area contributed by atoms with Gasteiger partial charge >= 0.3 is 14.5 Å². The number of hydrogen-bond acceptors (Lipinski definition) is 0. The molecule has 6 heteroatoms. The predicted octanol–water partition coefficient (Wildman–Crippen LogP) is 3.26. The van der Waals surface area contributed by atoms with E-state index in [0.717, 1.165) is 22.9 Å².